The monoisotopic (exact) mass is 505 g/mol. The van der Waals surface area contributed by atoms with Gasteiger partial charge >= 0.3 is 0 Å². The molecule has 0 heterocycles. The number of unbranched alkanes of at least 4 members (excludes halogenated alkanes) is 9. The predicted octanol–water partition coefficient (Wildman–Crippen LogP) is 9.41. The second-order valence-corrected chi connectivity index (χ2v) is 12.1. The second kappa shape index (κ2) is 21.1. The summed E-state index contributed by atoms with van der Waals surface area (Å²) < 4.78 is 0. The third-order valence-electron chi connectivity index (χ3n) is 8.69. The minimum absolute atomic E-state index is 0.345. The predicted molar refractivity (Wildman–Crippen MR) is 160 cm³/mol. The molecule has 0 bridgehead atoms. The molecule has 1 saturated carbocycles. The Morgan fingerprint density at radius 3 is 1.83 bits per heavy atom. The summed E-state index contributed by atoms with van der Waals surface area (Å²) in [5.41, 5.74) is 1.37. The number of hydrogen-bond donors (Lipinski definition) is 0. The summed E-state index contributed by atoms with van der Waals surface area (Å²) in [5.74, 6) is 2.11. The van der Waals surface area contributed by atoms with Crippen LogP contribution in [0.5, 0.6) is 0 Å². The highest BCUT2D eigenvalue weighted by molar-refractivity contribution is 5.75. The number of carbonyl (C=O) groups excluding carboxylic acids is 1. The molecule has 3 nitrogen and oxygen atoms in total. The van der Waals surface area contributed by atoms with Crippen molar-refractivity contribution in [3.63, 3.8) is 0 Å². The van der Waals surface area contributed by atoms with Gasteiger partial charge in [0.1, 0.15) is 5.78 Å². The fraction of sp³-hybridized carbons (Fsp3) is 0.909. The van der Waals surface area contributed by atoms with Crippen LogP contribution >= 0.6 is 0 Å². The summed E-state index contributed by atoms with van der Waals surface area (Å²) in [7, 11) is 0. The zero-order valence-electron chi connectivity index (χ0n) is 25.3. The maximum absolute atomic E-state index is 11.1. The van der Waals surface area contributed by atoms with Crippen LogP contribution in [0.15, 0.2) is 12.3 Å². The quantitative estimate of drug-likeness (QED) is 0.129. The van der Waals surface area contributed by atoms with Crippen LogP contribution in [0.2, 0.25) is 0 Å². The SMILES string of the molecule is C=C(CCCCCCCN(CCCCCCCC(C)=O)C1CCC(C)C(C)C1)N(CCC)CCCC. The Hall–Kier alpha value is -0.830. The molecule has 3 atom stereocenters. The van der Waals surface area contributed by atoms with Gasteiger partial charge in [0.15, 0.2) is 0 Å². The van der Waals surface area contributed by atoms with Crippen LogP contribution in [-0.4, -0.2) is 47.8 Å². The minimum Gasteiger partial charge on any atom is -0.375 e. The molecule has 0 saturated heterocycles. The molecule has 1 fully saturated rings. The fourth-order valence-electron chi connectivity index (χ4n) is 5.93. The number of Topliss-reactive ketones (excluding diaryl/α,β-unsaturated/α-hetero) is 1. The van der Waals surface area contributed by atoms with E-state index in [0.717, 1.165) is 30.7 Å². The Balaban J connectivity index is 2.30. The standard InChI is InChI=1S/C33H64N2O/c1-7-9-25-34(24-8-2)31(5)20-16-12-10-14-18-26-35(33-23-22-29(3)30(4)28-33)27-19-15-11-13-17-21-32(6)36/h29-30,33H,5,7-28H2,1-4,6H3. The third-order valence-corrected chi connectivity index (χ3v) is 8.69. The lowest BCUT2D eigenvalue weighted by Crippen LogP contribution is -2.41. The van der Waals surface area contributed by atoms with Crippen molar-refractivity contribution in [2.75, 3.05) is 26.2 Å². The van der Waals surface area contributed by atoms with Gasteiger partial charge in [-0.2, -0.15) is 0 Å². The average Bonchev–Trinajstić information content (AvgIpc) is 2.85. The van der Waals surface area contributed by atoms with E-state index in [2.05, 4.69) is 44.1 Å². The van der Waals surface area contributed by atoms with Gasteiger partial charge in [0.25, 0.3) is 0 Å². The Kier molecular flexibility index (Phi) is 19.5. The van der Waals surface area contributed by atoms with E-state index < -0.39 is 0 Å². The number of allylic oxidation sites excluding steroid dienone is 1. The molecule has 1 aliphatic rings. The van der Waals surface area contributed by atoms with Crippen LogP contribution in [0.25, 0.3) is 0 Å². The van der Waals surface area contributed by atoms with E-state index in [4.69, 9.17) is 0 Å². The molecule has 0 spiro atoms. The average molecular weight is 505 g/mol. The van der Waals surface area contributed by atoms with Gasteiger partial charge in [-0.3, -0.25) is 0 Å². The first-order valence-corrected chi connectivity index (χ1v) is 16.0. The molecule has 0 N–H and O–H groups in total. The molecule has 1 rings (SSSR count). The molecule has 0 aromatic rings. The Labute approximate surface area is 226 Å². The lowest BCUT2D eigenvalue weighted by Gasteiger charge is -2.39. The molecule has 3 heteroatoms. The lowest BCUT2D eigenvalue weighted by atomic mass is 9.78. The molecule has 1 aliphatic carbocycles. The van der Waals surface area contributed by atoms with Crippen LogP contribution in [0, 0.1) is 11.8 Å². The van der Waals surface area contributed by atoms with Crippen molar-refractivity contribution in [1.82, 2.24) is 9.80 Å². The van der Waals surface area contributed by atoms with Crippen LogP contribution in [-0.2, 0) is 4.79 Å². The van der Waals surface area contributed by atoms with Gasteiger partial charge in [-0.1, -0.05) is 79.2 Å². The molecule has 0 aromatic heterocycles. The van der Waals surface area contributed by atoms with Gasteiger partial charge in [-0.15, -0.1) is 0 Å². The number of hydrogen-bond acceptors (Lipinski definition) is 3. The summed E-state index contributed by atoms with van der Waals surface area (Å²) in [6.45, 7) is 20.6. The first-order chi connectivity index (χ1) is 17.4. The van der Waals surface area contributed by atoms with Crippen molar-refractivity contribution in [2.45, 2.75) is 156 Å². The van der Waals surface area contributed by atoms with Crippen LogP contribution in [0.1, 0.15) is 150 Å². The molecule has 0 radical (unpaired) electrons. The number of rotatable bonds is 23. The molecule has 0 aliphatic heterocycles. The first-order valence-electron chi connectivity index (χ1n) is 16.0. The third kappa shape index (κ3) is 15.4. The van der Waals surface area contributed by atoms with Gasteiger partial charge in [0.2, 0.25) is 0 Å². The largest absolute Gasteiger partial charge is 0.375 e. The van der Waals surface area contributed by atoms with E-state index in [0.29, 0.717) is 5.78 Å². The van der Waals surface area contributed by atoms with Crippen molar-refractivity contribution in [1.29, 1.82) is 0 Å². The van der Waals surface area contributed by atoms with Crippen molar-refractivity contribution in [3.8, 4) is 0 Å². The van der Waals surface area contributed by atoms with E-state index in [1.165, 1.54) is 135 Å². The number of nitrogens with zero attached hydrogens (tertiary/aromatic N) is 2. The summed E-state index contributed by atoms with van der Waals surface area (Å²) in [5, 5.41) is 0. The highest BCUT2D eigenvalue weighted by atomic mass is 16.1. The van der Waals surface area contributed by atoms with Crippen molar-refractivity contribution >= 4 is 5.78 Å². The first kappa shape index (κ1) is 33.2. The van der Waals surface area contributed by atoms with E-state index >= 15 is 0 Å². The molecule has 36 heavy (non-hydrogen) atoms. The number of carbonyl (C=O) groups is 1. The Morgan fingerprint density at radius 2 is 1.28 bits per heavy atom. The molecular formula is C33H64N2O. The zero-order valence-corrected chi connectivity index (χ0v) is 25.3. The molecule has 212 valence electrons. The molecule has 0 amide bonds. The summed E-state index contributed by atoms with van der Waals surface area (Å²) in [6, 6.07) is 0.810. The Morgan fingerprint density at radius 1 is 0.694 bits per heavy atom. The zero-order chi connectivity index (χ0) is 26.6. The van der Waals surface area contributed by atoms with E-state index in [9.17, 15) is 4.79 Å². The smallest absolute Gasteiger partial charge is 0.129 e. The van der Waals surface area contributed by atoms with Crippen LogP contribution < -0.4 is 0 Å². The maximum atomic E-state index is 11.1. The van der Waals surface area contributed by atoms with E-state index in [1.54, 1.807) is 6.92 Å². The van der Waals surface area contributed by atoms with Gasteiger partial charge in [0, 0.05) is 31.2 Å². The van der Waals surface area contributed by atoms with Gasteiger partial charge < -0.3 is 14.6 Å². The van der Waals surface area contributed by atoms with Gasteiger partial charge in [-0.25, -0.2) is 0 Å². The fourth-order valence-corrected chi connectivity index (χ4v) is 5.93. The van der Waals surface area contributed by atoms with Crippen LogP contribution in [0.4, 0.5) is 0 Å². The maximum Gasteiger partial charge on any atom is 0.129 e. The van der Waals surface area contributed by atoms with Crippen molar-refractivity contribution in [3.05, 3.63) is 12.3 Å². The topological polar surface area (TPSA) is 23.6 Å². The summed E-state index contributed by atoms with van der Waals surface area (Å²) in [6.07, 6.45) is 22.9. The Bertz CT molecular complexity index is 560. The van der Waals surface area contributed by atoms with Gasteiger partial charge in [-0.05, 0) is 96.1 Å². The summed E-state index contributed by atoms with van der Waals surface area (Å²) >= 11 is 0. The highest BCUT2D eigenvalue weighted by Crippen LogP contribution is 2.32. The van der Waals surface area contributed by atoms with E-state index in [1.807, 2.05) is 0 Å². The second-order valence-electron chi connectivity index (χ2n) is 12.1. The van der Waals surface area contributed by atoms with E-state index in [-0.39, 0.29) is 0 Å². The summed E-state index contributed by atoms with van der Waals surface area (Å²) in [4.78, 5) is 16.5. The minimum atomic E-state index is 0.345. The van der Waals surface area contributed by atoms with Gasteiger partial charge in [0.05, 0.1) is 0 Å². The normalized spacial score (nSPS) is 20.1. The molecule has 0 aromatic carbocycles. The highest BCUT2D eigenvalue weighted by Gasteiger charge is 2.28. The lowest BCUT2D eigenvalue weighted by molar-refractivity contribution is -0.117. The molecular weight excluding hydrogens is 440 g/mol. The molecule has 3 unspecified atom stereocenters. The van der Waals surface area contributed by atoms with Crippen molar-refractivity contribution in [2.24, 2.45) is 11.8 Å². The van der Waals surface area contributed by atoms with Crippen LogP contribution in [0.3, 0.4) is 0 Å². The van der Waals surface area contributed by atoms with Crippen molar-refractivity contribution < 1.29 is 4.79 Å². The number of ketones is 1.